The van der Waals surface area contributed by atoms with E-state index in [-0.39, 0.29) is 17.9 Å². The summed E-state index contributed by atoms with van der Waals surface area (Å²) in [5, 5.41) is 0. The third-order valence-electron chi connectivity index (χ3n) is 3.06. The number of allylic oxidation sites excluding steroid dienone is 2. The lowest BCUT2D eigenvalue weighted by atomic mass is 10.3. The van der Waals surface area contributed by atoms with Crippen LogP contribution in [0.25, 0.3) is 11.2 Å². The molecule has 7 heteroatoms. The fourth-order valence-electron chi connectivity index (χ4n) is 1.99. The summed E-state index contributed by atoms with van der Waals surface area (Å²) in [6.07, 6.45) is 5.10. The zero-order valence-electron chi connectivity index (χ0n) is 11.7. The number of aromatic nitrogens is 4. The summed E-state index contributed by atoms with van der Waals surface area (Å²) in [5.74, 6) is 0.0311. The first-order valence-electron chi connectivity index (χ1n) is 6.18. The second kappa shape index (κ2) is 5.28. The molecule has 0 aliphatic heterocycles. The Labute approximate surface area is 114 Å². The predicted octanol–water partition coefficient (Wildman–Crippen LogP) is -0.0310. The van der Waals surface area contributed by atoms with Crippen molar-refractivity contribution in [3.05, 3.63) is 39.3 Å². The van der Waals surface area contributed by atoms with E-state index >= 15 is 0 Å². The largest absolute Gasteiger partial charge is 0.332 e. The molecule has 2 aromatic heterocycles. The number of hydrogen-bond donors (Lipinski definition) is 0. The maximum atomic E-state index is 12.3. The maximum absolute atomic E-state index is 12.3. The van der Waals surface area contributed by atoms with Crippen LogP contribution in [-0.4, -0.2) is 24.5 Å². The number of imidazole rings is 1. The molecule has 2 aromatic rings. The molecule has 0 spiro atoms. The third kappa shape index (κ3) is 2.34. The monoisotopic (exact) mass is 276 g/mol. The summed E-state index contributed by atoms with van der Waals surface area (Å²) in [6.45, 7) is 1.62. The lowest BCUT2D eigenvalue weighted by Gasteiger charge is -2.06. The van der Waals surface area contributed by atoms with E-state index < -0.39 is 5.69 Å². The predicted molar refractivity (Wildman–Crippen MR) is 74.7 cm³/mol. The molecule has 0 aromatic carbocycles. The van der Waals surface area contributed by atoms with Crippen molar-refractivity contribution >= 4 is 16.9 Å². The summed E-state index contributed by atoms with van der Waals surface area (Å²) in [4.78, 5) is 39.3. The average molecular weight is 276 g/mol. The topological polar surface area (TPSA) is 78.9 Å². The number of carbonyl (C=O) groups is 1. The standard InChI is InChI=1S/C13H16N4O3/c1-9(18)6-4-5-7-17-12(19)10-11(14-8-15(10)2)16(3)13(17)20/h4-5,8H,6-7H2,1-3H3/b5-4+. The van der Waals surface area contributed by atoms with Gasteiger partial charge in [0.2, 0.25) is 0 Å². The Balaban J connectivity index is 2.51. The molecule has 106 valence electrons. The van der Waals surface area contributed by atoms with Crippen molar-refractivity contribution in [2.75, 3.05) is 0 Å². The second-order valence-corrected chi connectivity index (χ2v) is 4.66. The van der Waals surface area contributed by atoms with E-state index in [4.69, 9.17) is 0 Å². The molecule has 0 saturated carbocycles. The van der Waals surface area contributed by atoms with Crippen LogP contribution in [0, 0.1) is 0 Å². The van der Waals surface area contributed by atoms with E-state index in [0.29, 0.717) is 17.6 Å². The van der Waals surface area contributed by atoms with Crippen molar-refractivity contribution in [1.29, 1.82) is 0 Å². The van der Waals surface area contributed by atoms with Gasteiger partial charge in [0, 0.05) is 27.1 Å². The summed E-state index contributed by atoms with van der Waals surface area (Å²) in [5.41, 5.74) is -0.0530. The van der Waals surface area contributed by atoms with Gasteiger partial charge in [-0.15, -0.1) is 0 Å². The summed E-state index contributed by atoms with van der Waals surface area (Å²) >= 11 is 0. The van der Waals surface area contributed by atoms with Gasteiger partial charge in [-0.1, -0.05) is 12.2 Å². The molecule has 0 unspecified atom stereocenters. The molecule has 0 fully saturated rings. The Hall–Kier alpha value is -2.44. The minimum absolute atomic E-state index is 0.0311. The van der Waals surface area contributed by atoms with E-state index in [9.17, 15) is 14.4 Å². The summed E-state index contributed by atoms with van der Waals surface area (Å²) in [6, 6.07) is 0. The van der Waals surface area contributed by atoms with Gasteiger partial charge < -0.3 is 4.57 Å². The van der Waals surface area contributed by atoms with Gasteiger partial charge in [-0.25, -0.2) is 9.78 Å². The van der Waals surface area contributed by atoms with Crippen LogP contribution >= 0.6 is 0 Å². The van der Waals surface area contributed by atoms with Crippen molar-refractivity contribution in [1.82, 2.24) is 18.7 Å². The van der Waals surface area contributed by atoms with E-state index in [2.05, 4.69) is 4.98 Å². The van der Waals surface area contributed by atoms with Crippen LogP contribution in [0.4, 0.5) is 0 Å². The van der Waals surface area contributed by atoms with Crippen LogP contribution in [0.15, 0.2) is 28.1 Å². The van der Waals surface area contributed by atoms with Gasteiger partial charge >= 0.3 is 5.69 Å². The SMILES string of the molecule is CC(=O)C/C=C/Cn1c(=O)c2c(ncn2C)n(C)c1=O. The number of carbonyl (C=O) groups excluding carboxylic acids is 1. The Kier molecular flexibility index (Phi) is 3.69. The number of Topliss-reactive ketones (excluding diaryl/α,β-unsaturated/α-hetero) is 1. The highest BCUT2D eigenvalue weighted by Gasteiger charge is 2.13. The highest BCUT2D eigenvalue weighted by atomic mass is 16.2. The van der Waals surface area contributed by atoms with Crippen LogP contribution in [0.5, 0.6) is 0 Å². The second-order valence-electron chi connectivity index (χ2n) is 4.66. The van der Waals surface area contributed by atoms with E-state index in [0.717, 1.165) is 4.57 Å². The Morgan fingerprint density at radius 2 is 2.00 bits per heavy atom. The van der Waals surface area contributed by atoms with Crippen molar-refractivity contribution < 1.29 is 4.79 Å². The Morgan fingerprint density at radius 3 is 2.65 bits per heavy atom. The van der Waals surface area contributed by atoms with Gasteiger partial charge in [0.25, 0.3) is 5.56 Å². The molecule has 0 N–H and O–H groups in total. The first-order valence-corrected chi connectivity index (χ1v) is 6.18. The number of rotatable bonds is 4. The average Bonchev–Trinajstić information content (AvgIpc) is 2.77. The first-order chi connectivity index (χ1) is 9.43. The highest BCUT2D eigenvalue weighted by Crippen LogP contribution is 2.02. The zero-order valence-corrected chi connectivity index (χ0v) is 11.7. The van der Waals surface area contributed by atoms with Gasteiger partial charge in [0.05, 0.1) is 6.33 Å². The Morgan fingerprint density at radius 1 is 1.30 bits per heavy atom. The molecule has 0 aliphatic carbocycles. The number of ketones is 1. The van der Waals surface area contributed by atoms with Crippen LogP contribution < -0.4 is 11.2 Å². The Bertz CT molecular complexity index is 807. The van der Waals surface area contributed by atoms with Gasteiger partial charge in [-0.2, -0.15) is 0 Å². The van der Waals surface area contributed by atoms with Gasteiger partial charge in [-0.05, 0) is 6.92 Å². The van der Waals surface area contributed by atoms with Gasteiger partial charge in [0.15, 0.2) is 11.2 Å². The summed E-state index contributed by atoms with van der Waals surface area (Å²) < 4.78 is 4.06. The molecule has 0 radical (unpaired) electrons. The molecule has 0 saturated heterocycles. The molecule has 0 amide bonds. The van der Waals surface area contributed by atoms with Crippen LogP contribution in [0.3, 0.4) is 0 Å². The maximum Gasteiger partial charge on any atom is 0.332 e. The van der Waals surface area contributed by atoms with Crippen molar-refractivity contribution in [2.24, 2.45) is 14.1 Å². The fourth-order valence-corrected chi connectivity index (χ4v) is 1.99. The van der Waals surface area contributed by atoms with Crippen LogP contribution in [0.2, 0.25) is 0 Å². The van der Waals surface area contributed by atoms with Crippen molar-refractivity contribution in [3.63, 3.8) is 0 Å². The minimum atomic E-state index is -0.423. The summed E-state index contributed by atoms with van der Waals surface area (Å²) in [7, 11) is 3.28. The quantitative estimate of drug-likeness (QED) is 0.735. The number of fused-ring (bicyclic) bond motifs is 1. The molecule has 7 nitrogen and oxygen atoms in total. The molecule has 0 atom stereocenters. The smallest absolute Gasteiger partial charge is 0.328 e. The number of nitrogens with zero attached hydrogens (tertiary/aromatic N) is 4. The van der Waals surface area contributed by atoms with Crippen molar-refractivity contribution in [2.45, 2.75) is 19.9 Å². The van der Waals surface area contributed by atoms with Crippen LogP contribution in [-0.2, 0) is 25.4 Å². The molecule has 0 bridgehead atoms. The molecular formula is C13H16N4O3. The van der Waals surface area contributed by atoms with Gasteiger partial charge in [0.1, 0.15) is 5.78 Å². The minimum Gasteiger partial charge on any atom is -0.328 e. The normalized spacial score (nSPS) is 11.6. The van der Waals surface area contributed by atoms with E-state index in [1.807, 2.05) is 0 Å². The lowest BCUT2D eigenvalue weighted by Crippen LogP contribution is -2.39. The van der Waals surface area contributed by atoms with Gasteiger partial charge in [-0.3, -0.25) is 18.7 Å². The van der Waals surface area contributed by atoms with E-state index in [1.165, 1.54) is 17.8 Å². The third-order valence-corrected chi connectivity index (χ3v) is 3.06. The molecular weight excluding hydrogens is 260 g/mol. The molecule has 2 rings (SSSR count). The fraction of sp³-hybridized carbons (Fsp3) is 0.385. The van der Waals surface area contributed by atoms with Crippen LogP contribution in [0.1, 0.15) is 13.3 Å². The lowest BCUT2D eigenvalue weighted by molar-refractivity contribution is -0.116. The van der Waals surface area contributed by atoms with E-state index in [1.54, 1.807) is 30.8 Å². The first kappa shape index (κ1) is 14.0. The molecule has 0 aliphatic rings. The van der Waals surface area contributed by atoms with Crippen molar-refractivity contribution in [3.8, 4) is 0 Å². The molecule has 20 heavy (non-hydrogen) atoms. The highest BCUT2D eigenvalue weighted by molar-refractivity contribution is 5.76. The number of aryl methyl sites for hydroxylation is 2. The molecule has 2 heterocycles. The zero-order chi connectivity index (χ0) is 14.9. The number of hydrogen-bond acceptors (Lipinski definition) is 4.